The maximum absolute atomic E-state index is 13.7. The lowest BCUT2D eigenvalue weighted by molar-refractivity contribution is -0.137. The zero-order valence-corrected chi connectivity index (χ0v) is 19.0. The number of primary sulfonamides is 1. The first kappa shape index (κ1) is 24.6. The highest BCUT2D eigenvalue weighted by atomic mass is 32.2. The molecule has 0 saturated carbocycles. The normalized spacial score (nSPS) is 12.5. The van der Waals surface area contributed by atoms with E-state index in [4.69, 9.17) is 5.14 Å². The van der Waals surface area contributed by atoms with Crippen molar-refractivity contribution in [1.29, 1.82) is 0 Å². The summed E-state index contributed by atoms with van der Waals surface area (Å²) in [5, 5.41) is 11.1. The summed E-state index contributed by atoms with van der Waals surface area (Å²) in [6.45, 7) is 1.37. The highest BCUT2D eigenvalue weighted by Gasteiger charge is 2.30. The molecular formula is C19H13F5N6O3S2. The van der Waals surface area contributed by atoms with Crippen molar-refractivity contribution >= 4 is 38.0 Å². The molecule has 0 radical (unpaired) electrons. The lowest BCUT2D eigenvalue weighted by atomic mass is 10.1. The molecule has 3 N–H and O–H groups in total. The first-order valence-electron chi connectivity index (χ1n) is 9.41. The summed E-state index contributed by atoms with van der Waals surface area (Å²) in [5.41, 5.74) is -2.10. The monoisotopic (exact) mass is 532 g/mol. The molecule has 0 atom stereocenters. The second-order valence-corrected chi connectivity index (χ2v) is 9.88. The van der Waals surface area contributed by atoms with E-state index in [1.165, 1.54) is 6.92 Å². The van der Waals surface area contributed by atoms with Crippen LogP contribution < -0.4 is 10.5 Å². The topological polar surface area (TPSA) is 132 Å². The molecule has 3 heterocycles. The number of aromatic nitrogens is 4. The van der Waals surface area contributed by atoms with E-state index in [0.29, 0.717) is 11.3 Å². The molecule has 35 heavy (non-hydrogen) atoms. The van der Waals surface area contributed by atoms with Gasteiger partial charge in [0.05, 0.1) is 23.1 Å². The fourth-order valence-corrected chi connectivity index (χ4v) is 5.00. The second kappa shape index (κ2) is 8.62. The molecule has 3 aromatic heterocycles. The van der Waals surface area contributed by atoms with Gasteiger partial charge in [-0.05, 0) is 25.1 Å². The summed E-state index contributed by atoms with van der Waals surface area (Å²) in [6.07, 6.45) is -6.66. The Morgan fingerprint density at radius 3 is 2.37 bits per heavy atom. The number of nitrogens with one attached hydrogen (secondary N) is 1. The van der Waals surface area contributed by atoms with E-state index in [0.717, 1.165) is 41.0 Å². The Labute approximate surface area is 197 Å². The van der Waals surface area contributed by atoms with Crippen LogP contribution >= 0.6 is 11.3 Å². The molecule has 4 rings (SSSR count). The van der Waals surface area contributed by atoms with Crippen molar-refractivity contribution in [2.75, 3.05) is 5.32 Å². The molecule has 0 fully saturated rings. The van der Waals surface area contributed by atoms with E-state index in [9.17, 15) is 35.2 Å². The van der Waals surface area contributed by atoms with E-state index < -0.39 is 39.8 Å². The molecule has 184 valence electrons. The van der Waals surface area contributed by atoms with Gasteiger partial charge in [0.25, 0.3) is 12.3 Å². The highest BCUT2D eigenvalue weighted by molar-refractivity contribution is 7.91. The molecule has 0 aliphatic rings. The van der Waals surface area contributed by atoms with Crippen LogP contribution in [0, 0.1) is 6.92 Å². The van der Waals surface area contributed by atoms with Gasteiger partial charge < -0.3 is 0 Å². The first-order chi connectivity index (χ1) is 16.3. The van der Waals surface area contributed by atoms with Gasteiger partial charge in [0.1, 0.15) is 11.3 Å². The van der Waals surface area contributed by atoms with Crippen LogP contribution in [0.4, 0.5) is 27.1 Å². The number of sulfonamides is 1. The van der Waals surface area contributed by atoms with Crippen LogP contribution in [0.25, 0.3) is 16.9 Å². The number of alkyl halides is 5. The number of hydrogen-bond donors (Lipinski definition) is 2. The summed E-state index contributed by atoms with van der Waals surface area (Å²) < 4.78 is 89.6. The number of benzene rings is 1. The Balaban J connectivity index is 1.76. The van der Waals surface area contributed by atoms with Crippen molar-refractivity contribution in [3.8, 4) is 11.3 Å². The third-order valence-electron chi connectivity index (χ3n) is 4.71. The molecule has 0 aliphatic carbocycles. The minimum absolute atomic E-state index is 0.0513. The lowest BCUT2D eigenvalue weighted by Crippen LogP contribution is -2.12. The largest absolute Gasteiger partial charge is 0.416 e. The molecule has 0 bridgehead atoms. The SMILES string of the molecule is Cc1nc(NC(=O)c2cnn3c(C(F)F)cc(-c4ccc(C(F)(F)F)cc4)nc23)sc1S(N)(=O)=O. The van der Waals surface area contributed by atoms with Crippen molar-refractivity contribution in [2.45, 2.75) is 23.7 Å². The van der Waals surface area contributed by atoms with Gasteiger partial charge >= 0.3 is 6.18 Å². The third kappa shape index (κ3) is 4.85. The average Bonchev–Trinajstić information content (AvgIpc) is 3.35. The second-order valence-electron chi connectivity index (χ2n) is 7.13. The van der Waals surface area contributed by atoms with Gasteiger partial charge in [-0.1, -0.05) is 23.5 Å². The van der Waals surface area contributed by atoms with E-state index in [-0.39, 0.29) is 37.5 Å². The molecule has 1 aromatic carbocycles. The number of carbonyl (C=O) groups excluding carboxylic acids is 1. The Morgan fingerprint density at radius 2 is 1.83 bits per heavy atom. The molecule has 0 unspecified atom stereocenters. The summed E-state index contributed by atoms with van der Waals surface area (Å²) in [6, 6.07) is 4.65. The summed E-state index contributed by atoms with van der Waals surface area (Å²) >= 11 is 0.593. The number of rotatable bonds is 5. The number of fused-ring (bicyclic) bond motifs is 1. The summed E-state index contributed by atoms with van der Waals surface area (Å²) in [5.74, 6) is -0.882. The molecule has 16 heteroatoms. The van der Waals surface area contributed by atoms with Gasteiger partial charge in [-0.2, -0.15) is 18.3 Å². The number of aryl methyl sites for hydroxylation is 1. The predicted molar refractivity (Wildman–Crippen MR) is 115 cm³/mol. The minimum Gasteiger partial charge on any atom is -0.298 e. The molecule has 4 aromatic rings. The Morgan fingerprint density at radius 1 is 1.17 bits per heavy atom. The van der Waals surface area contributed by atoms with Crippen LogP contribution in [-0.2, 0) is 16.2 Å². The van der Waals surface area contributed by atoms with Crippen molar-refractivity contribution < 1.29 is 35.2 Å². The van der Waals surface area contributed by atoms with Crippen LogP contribution in [0.3, 0.4) is 0 Å². The Kier molecular flexibility index (Phi) is 6.06. The average molecular weight is 532 g/mol. The van der Waals surface area contributed by atoms with E-state index >= 15 is 0 Å². The number of nitrogens with two attached hydrogens (primary N) is 1. The Hall–Kier alpha value is -3.50. The molecule has 0 spiro atoms. The zero-order chi connectivity index (χ0) is 25.7. The fourth-order valence-electron chi connectivity index (χ4n) is 3.14. The number of nitrogens with zero attached hydrogens (tertiary/aromatic N) is 4. The quantitative estimate of drug-likeness (QED) is 0.373. The van der Waals surface area contributed by atoms with Crippen LogP contribution in [0.5, 0.6) is 0 Å². The molecule has 0 aliphatic heterocycles. The summed E-state index contributed by atoms with van der Waals surface area (Å²) in [4.78, 5) is 20.9. The van der Waals surface area contributed by atoms with E-state index in [1.54, 1.807) is 0 Å². The van der Waals surface area contributed by atoms with E-state index in [2.05, 4.69) is 20.4 Å². The van der Waals surface area contributed by atoms with Crippen LogP contribution in [0.2, 0.25) is 0 Å². The number of carbonyl (C=O) groups is 1. The Bertz CT molecular complexity index is 1550. The van der Waals surface area contributed by atoms with Crippen LogP contribution in [-0.4, -0.2) is 33.9 Å². The van der Waals surface area contributed by atoms with Crippen LogP contribution in [0.1, 0.15) is 33.7 Å². The first-order valence-corrected chi connectivity index (χ1v) is 11.8. The molecule has 0 saturated heterocycles. The standard InChI is InChI=1S/C19H13F5N6O3S2/c1-8-17(35(25,32)33)34-18(27-8)29-16(31)11-7-26-30-13(14(20)21)6-12(28-15(11)30)9-2-4-10(5-3-9)19(22,23)24/h2-7,14H,1H3,(H2,25,32,33)(H,27,29,31). The highest BCUT2D eigenvalue weighted by Crippen LogP contribution is 2.32. The third-order valence-corrected chi connectivity index (χ3v) is 7.34. The smallest absolute Gasteiger partial charge is 0.298 e. The van der Waals surface area contributed by atoms with Gasteiger partial charge in [0, 0.05) is 5.56 Å². The van der Waals surface area contributed by atoms with Gasteiger partial charge in [-0.15, -0.1) is 0 Å². The number of anilines is 1. The van der Waals surface area contributed by atoms with Gasteiger partial charge in [-0.3, -0.25) is 10.1 Å². The number of halogens is 5. The van der Waals surface area contributed by atoms with Gasteiger partial charge in [0.15, 0.2) is 15.0 Å². The molecular weight excluding hydrogens is 519 g/mol. The maximum Gasteiger partial charge on any atom is 0.416 e. The van der Waals surface area contributed by atoms with Crippen LogP contribution in [0.15, 0.2) is 40.7 Å². The number of thiazole rings is 1. The molecule has 9 nitrogen and oxygen atoms in total. The minimum atomic E-state index is -4.59. The zero-order valence-electron chi connectivity index (χ0n) is 17.3. The van der Waals surface area contributed by atoms with Crippen molar-refractivity contribution in [3.05, 3.63) is 59.0 Å². The number of hydrogen-bond acceptors (Lipinski definition) is 7. The van der Waals surface area contributed by atoms with Crippen molar-refractivity contribution in [1.82, 2.24) is 19.6 Å². The predicted octanol–water partition coefficient (Wildman–Crippen LogP) is 4.02. The van der Waals surface area contributed by atoms with Crippen molar-refractivity contribution in [3.63, 3.8) is 0 Å². The van der Waals surface area contributed by atoms with E-state index in [1.807, 2.05) is 0 Å². The van der Waals surface area contributed by atoms with Crippen molar-refractivity contribution in [2.24, 2.45) is 5.14 Å². The maximum atomic E-state index is 13.7. The van der Waals surface area contributed by atoms with Gasteiger partial charge in [0.2, 0.25) is 10.0 Å². The fraction of sp³-hybridized carbons (Fsp3) is 0.158. The lowest BCUT2D eigenvalue weighted by Gasteiger charge is -2.10. The van der Waals surface area contributed by atoms with Gasteiger partial charge in [-0.25, -0.2) is 36.8 Å². The number of amides is 1. The molecule has 1 amide bonds. The summed E-state index contributed by atoms with van der Waals surface area (Å²) in [7, 11) is -4.08.